The van der Waals surface area contributed by atoms with Crippen LogP contribution in [-0.4, -0.2) is 27.9 Å². The number of aromatic carboxylic acids is 1. The van der Waals surface area contributed by atoms with Crippen molar-refractivity contribution >= 4 is 28.4 Å². The zero-order valence-electron chi connectivity index (χ0n) is 9.69. The van der Waals surface area contributed by atoms with E-state index in [1.54, 1.807) is 6.92 Å². The third kappa shape index (κ3) is 3.01. The Morgan fingerprint density at radius 1 is 1.59 bits per heavy atom. The third-order valence-corrected chi connectivity index (χ3v) is 3.32. The summed E-state index contributed by atoms with van der Waals surface area (Å²) in [6, 6.07) is 0. The topological polar surface area (TPSA) is 105 Å². The number of nitrogens with one attached hydrogen (secondary N) is 1. The fraction of sp³-hybridized carbons (Fsp3) is 0.500. The summed E-state index contributed by atoms with van der Waals surface area (Å²) >= 11 is 0.968. The highest BCUT2D eigenvalue weighted by Gasteiger charge is 2.21. The second kappa shape index (κ2) is 5.74. The number of nitrogens with zero attached hydrogens (tertiary/aromatic N) is 1. The highest BCUT2D eigenvalue weighted by atomic mass is 32.1. The van der Waals surface area contributed by atoms with E-state index in [4.69, 9.17) is 10.8 Å². The lowest BCUT2D eigenvalue weighted by molar-refractivity contribution is -0.119. The molecule has 1 unspecified atom stereocenters. The van der Waals surface area contributed by atoms with Crippen molar-refractivity contribution in [2.24, 2.45) is 11.7 Å². The van der Waals surface area contributed by atoms with Crippen molar-refractivity contribution in [1.29, 1.82) is 0 Å². The maximum absolute atomic E-state index is 11.8. The molecule has 0 saturated heterocycles. The van der Waals surface area contributed by atoms with Crippen LogP contribution in [0.15, 0.2) is 0 Å². The zero-order chi connectivity index (χ0) is 13.0. The van der Waals surface area contributed by atoms with Crippen molar-refractivity contribution in [3.63, 3.8) is 0 Å². The van der Waals surface area contributed by atoms with Crippen LogP contribution in [0.25, 0.3) is 0 Å². The molecule has 1 aromatic rings. The molecular formula is C10H15N3O3S. The van der Waals surface area contributed by atoms with Gasteiger partial charge in [0.05, 0.1) is 11.6 Å². The van der Waals surface area contributed by atoms with Gasteiger partial charge in [-0.15, -0.1) is 0 Å². The van der Waals surface area contributed by atoms with Gasteiger partial charge in [0.1, 0.15) is 10.6 Å². The molecule has 1 heterocycles. The number of hydrogen-bond acceptors (Lipinski definition) is 5. The Morgan fingerprint density at radius 2 is 2.24 bits per heavy atom. The average molecular weight is 257 g/mol. The minimum atomic E-state index is -1.09. The molecule has 4 N–H and O–H groups in total. The van der Waals surface area contributed by atoms with Crippen LogP contribution in [0.1, 0.15) is 29.4 Å². The van der Waals surface area contributed by atoms with Gasteiger partial charge in [-0.1, -0.05) is 6.92 Å². The van der Waals surface area contributed by atoms with Crippen molar-refractivity contribution in [3.05, 3.63) is 11.3 Å². The van der Waals surface area contributed by atoms with Crippen LogP contribution in [-0.2, 0) is 4.79 Å². The van der Waals surface area contributed by atoms with E-state index < -0.39 is 5.97 Å². The van der Waals surface area contributed by atoms with Crippen molar-refractivity contribution in [3.8, 4) is 0 Å². The number of amides is 1. The van der Waals surface area contributed by atoms with Gasteiger partial charge in [-0.2, -0.15) is 4.37 Å². The second-order valence-electron chi connectivity index (χ2n) is 3.61. The first-order valence-corrected chi connectivity index (χ1v) is 5.99. The van der Waals surface area contributed by atoms with Crippen LogP contribution in [0.2, 0.25) is 0 Å². The van der Waals surface area contributed by atoms with E-state index in [1.807, 2.05) is 6.92 Å². The molecule has 0 fully saturated rings. The molecule has 0 saturated carbocycles. The molecule has 0 bridgehead atoms. The third-order valence-electron chi connectivity index (χ3n) is 2.46. The van der Waals surface area contributed by atoms with Gasteiger partial charge in [-0.05, 0) is 24.9 Å². The molecule has 1 rings (SSSR count). The van der Waals surface area contributed by atoms with E-state index in [9.17, 15) is 9.59 Å². The number of aromatic nitrogens is 1. The number of rotatable bonds is 5. The summed E-state index contributed by atoms with van der Waals surface area (Å²) in [5.74, 6) is -1.66. The number of aryl methyl sites for hydroxylation is 1. The number of nitrogens with two attached hydrogens (primary N) is 1. The van der Waals surface area contributed by atoms with Crippen molar-refractivity contribution < 1.29 is 14.7 Å². The molecule has 1 aromatic heterocycles. The van der Waals surface area contributed by atoms with Gasteiger partial charge in [0.15, 0.2) is 0 Å². The first-order valence-electron chi connectivity index (χ1n) is 5.21. The molecule has 94 valence electrons. The van der Waals surface area contributed by atoms with E-state index in [1.165, 1.54) is 0 Å². The molecule has 7 heteroatoms. The predicted octanol–water partition coefficient (Wildman–Crippen LogP) is 1.07. The monoisotopic (exact) mass is 257 g/mol. The summed E-state index contributed by atoms with van der Waals surface area (Å²) in [5.41, 5.74) is 5.90. The smallest absolute Gasteiger partial charge is 0.340 e. The Morgan fingerprint density at radius 3 is 2.71 bits per heavy atom. The molecule has 0 aliphatic rings. The van der Waals surface area contributed by atoms with E-state index in [0.29, 0.717) is 12.1 Å². The molecule has 1 amide bonds. The molecule has 6 nitrogen and oxygen atoms in total. The summed E-state index contributed by atoms with van der Waals surface area (Å²) < 4.78 is 3.92. The van der Waals surface area contributed by atoms with E-state index in [0.717, 1.165) is 11.5 Å². The Kier molecular flexibility index (Phi) is 4.59. The van der Waals surface area contributed by atoms with Gasteiger partial charge < -0.3 is 16.2 Å². The minimum absolute atomic E-state index is 0.0511. The lowest BCUT2D eigenvalue weighted by Crippen LogP contribution is -2.28. The van der Waals surface area contributed by atoms with Crippen LogP contribution < -0.4 is 11.1 Å². The normalized spacial score (nSPS) is 12.2. The van der Waals surface area contributed by atoms with Gasteiger partial charge in [-0.25, -0.2) is 4.79 Å². The number of hydrogen-bond donors (Lipinski definition) is 3. The Balaban J connectivity index is 2.89. The Labute approximate surface area is 103 Å². The highest BCUT2D eigenvalue weighted by molar-refractivity contribution is 7.11. The lowest BCUT2D eigenvalue weighted by atomic mass is 10.1. The number of anilines is 1. The first-order chi connectivity index (χ1) is 8.01. The number of carbonyl (C=O) groups is 2. The summed E-state index contributed by atoms with van der Waals surface area (Å²) in [6.07, 6.45) is 0.614. The summed E-state index contributed by atoms with van der Waals surface area (Å²) in [4.78, 5) is 22.7. The fourth-order valence-corrected chi connectivity index (χ4v) is 2.17. The molecule has 0 radical (unpaired) electrons. The summed E-state index contributed by atoms with van der Waals surface area (Å²) in [5, 5.41) is 11.8. The molecule has 1 atom stereocenters. The summed E-state index contributed by atoms with van der Waals surface area (Å²) in [6.45, 7) is 3.69. The minimum Gasteiger partial charge on any atom is -0.478 e. The standard InChI is InChI=1S/C10H15N3O3S/c1-3-6(4-11)8(14)12-9-7(10(15)16)5(2)13-17-9/h6H,3-4,11H2,1-2H3,(H,12,14)(H,15,16). The van der Waals surface area contributed by atoms with Crippen LogP contribution in [0.5, 0.6) is 0 Å². The van der Waals surface area contributed by atoms with E-state index >= 15 is 0 Å². The fourth-order valence-electron chi connectivity index (χ4n) is 1.38. The quantitative estimate of drug-likeness (QED) is 0.731. The van der Waals surface area contributed by atoms with Gasteiger partial charge in [0.2, 0.25) is 5.91 Å². The van der Waals surface area contributed by atoms with E-state index in [-0.39, 0.29) is 28.9 Å². The van der Waals surface area contributed by atoms with Gasteiger partial charge in [-0.3, -0.25) is 4.79 Å². The molecule has 17 heavy (non-hydrogen) atoms. The SMILES string of the molecule is CCC(CN)C(=O)Nc1snc(C)c1C(=O)O. The highest BCUT2D eigenvalue weighted by Crippen LogP contribution is 2.25. The zero-order valence-corrected chi connectivity index (χ0v) is 10.5. The molecule has 0 aliphatic heterocycles. The van der Waals surface area contributed by atoms with Crippen molar-refractivity contribution in [2.45, 2.75) is 20.3 Å². The van der Waals surface area contributed by atoms with Crippen LogP contribution in [0, 0.1) is 12.8 Å². The number of carboxylic acids is 1. The van der Waals surface area contributed by atoms with Crippen LogP contribution in [0.3, 0.4) is 0 Å². The van der Waals surface area contributed by atoms with Gasteiger partial charge >= 0.3 is 5.97 Å². The van der Waals surface area contributed by atoms with E-state index in [2.05, 4.69) is 9.69 Å². The second-order valence-corrected chi connectivity index (χ2v) is 4.38. The molecular weight excluding hydrogens is 242 g/mol. The molecule has 0 aromatic carbocycles. The maximum atomic E-state index is 11.8. The van der Waals surface area contributed by atoms with Crippen molar-refractivity contribution in [2.75, 3.05) is 11.9 Å². The van der Waals surface area contributed by atoms with Gasteiger partial charge in [0.25, 0.3) is 0 Å². The first kappa shape index (κ1) is 13.6. The Bertz CT molecular complexity index is 426. The summed E-state index contributed by atoms with van der Waals surface area (Å²) in [7, 11) is 0. The van der Waals surface area contributed by atoms with Crippen LogP contribution in [0.4, 0.5) is 5.00 Å². The molecule has 0 aliphatic carbocycles. The Hall–Kier alpha value is -1.47. The van der Waals surface area contributed by atoms with Gasteiger partial charge in [0, 0.05) is 6.54 Å². The van der Waals surface area contributed by atoms with Crippen molar-refractivity contribution in [1.82, 2.24) is 4.37 Å². The number of carbonyl (C=O) groups excluding carboxylic acids is 1. The predicted molar refractivity (Wildman–Crippen MR) is 65.3 cm³/mol. The average Bonchev–Trinajstić information content (AvgIpc) is 2.61. The van der Waals surface area contributed by atoms with Crippen LogP contribution >= 0.6 is 11.5 Å². The number of carboxylic acid groups (broad SMARTS) is 1. The largest absolute Gasteiger partial charge is 0.478 e. The maximum Gasteiger partial charge on any atom is 0.340 e. The molecule has 0 spiro atoms. The lowest BCUT2D eigenvalue weighted by Gasteiger charge is -2.11.